The number of anilines is 1. The minimum absolute atomic E-state index is 0.0964. The van der Waals surface area contributed by atoms with E-state index in [4.69, 9.17) is 9.47 Å². The van der Waals surface area contributed by atoms with Crippen LogP contribution in [0.5, 0.6) is 5.75 Å². The Morgan fingerprint density at radius 2 is 1.76 bits per heavy atom. The molecule has 0 saturated carbocycles. The van der Waals surface area contributed by atoms with E-state index in [1.165, 1.54) is 6.92 Å². The van der Waals surface area contributed by atoms with Crippen LogP contribution in [0.3, 0.4) is 0 Å². The number of benzene rings is 2. The van der Waals surface area contributed by atoms with Gasteiger partial charge in [-0.3, -0.25) is 9.59 Å². The quantitative estimate of drug-likeness (QED) is 0.618. The number of carbonyl (C=O) groups is 3. The Morgan fingerprint density at radius 1 is 1.00 bits per heavy atom. The maximum Gasteiger partial charge on any atom is 0.344 e. The van der Waals surface area contributed by atoms with E-state index in [1.54, 1.807) is 30.3 Å². The van der Waals surface area contributed by atoms with Gasteiger partial charge < -0.3 is 14.8 Å². The average Bonchev–Trinajstić information content (AvgIpc) is 2.58. The van der Waals surface area contributed by atoms with Crippen molar-refractivity contribution in [2.75, 3.05) is 18.5 Å². The van der Waals surface area contributed by atoms with Gasteiger partial charge in [0.05, 0.1) is 0 Å². The zero-order chi connectivity index (χ0) is 18.2. The molecule has 0 aliphatic carbocycles. The second-order valence-electron chi connectivity index (χ2n) is 5.45. The number of carbonyl (C=O) groups excluding carboxylic acids is 3. The third-order valence-corrected chi connectivity index (χ3v) is 3.26. The normalized spacial score (nSPS) is 10.0. The van der Waals surface area contributed by atoms with Gasteiger partial charge in [-0.15, -0.1) is 0 Å². The zero-order valence-corrected chi connectivity index (χ0v) is 14.1. The van der Waals surface area contributed by atoms with Crippen LogP contribution < -0.4 is 10.1 Å². The van der Waals surface area contributed by atoms with Crippen LogP contribution in [-0.4, -0.2) is 30.9 Å². The minimum atomic E-state index is -0.673. The number of aryl methyl sites for hydroxylation is 1. The first kappa shape index (κ1) is 18.2. The van der Waals surface area contributed by atoms with Crippen LogP contribution in [0.15, 0.2) is 48.5 Å². The van der Waals surface area contributed by atoms with E-state index in [2.05, 4.69) is 5.32 Å². The van der Waals surface area contributed by atoms with E-state index in [0.717, 1.165) is 5.56 Å². The van der Waals surface area contributed by atoms with Crippen molar-refractivity contribution >= 4 is 23.3 Å². The molecule has 2 aromatic rings. The Hall–Kier alpha value is -3.15. The number of hydrogen-bond acceptors (Lipinski definition) is 5. The molecular weight excluding hydrogens is 322 g/mol. The monoisotopic (exact) mass is 341 g/mol. The first-order valence-electron chi connectivity index (χ1n) is 7.70. The molecule has 0 aliphatic heterocycles. The summed E-state index contributed by atoms with van der Waals surface area (Å²) < 4.78 is 10.1. The van der Waals surface area contributed by atoms with Crippen LogP contribution in [0, 0.1) is 6.92 Å². The molecular formula is C19H19NO5. The summed E-state index contributed by atoms with van der Waals surface area (Å²) in [5, 5.41) is 2.64. The summed E-state index contributed by atoms with van der Waals surface area (Å²) in [6.07, 6.45) is 0. The van der Waals surface area contributed by atoms with Gasteiger partial charge in [0.15, 0.2) is 19.0 Å². The molecule has 0 fully saturated rings. The van der Waals surface area contributed by atoms with Gasteiger partial charge >= 0.3 is 5.97 Å². The lowest BCUT2D eigenvalue weighted by Crippen LogP contribution is -2.23. The summed E-state index contributed by atoms with van der Waals surface area (Å²) in [7, 11) is 0. The van der Waals surface area contributed by atoms with E-state index in [9.17, 15) is 14.4 Å². The average molecular weight is 341 g/mol. The number of ether oxygens (including phenoxy) is 2. The Labute approximate surface area is 145 Å². The largest absolute Gasteiger partial charge is 0.482 e. The van der Waals surface area contributed by atoms with Gasteiger partial charge in [-0.1, -0.05) is 24.3 Å². The van der Waals surface area contributed by atoms with Gasteiger partial charge in [-0.05, 0) is 43.7 Å². The molecule has 0 saturated heterocycles. The van der Waals surface area contributed by atoms with Crippen molar-refractivity contribution in [1.29, 1.82) is 0 Å². The third kappa shape index (κ3) is 6.10. The van der Waals surface area contributed by atoms with E-state index >= 15 is 0 Å². The number of rotatable bonds is 7. The summed E-state index contributed by atoms with van der Waals surface area (Å²) in [6, 6.07) is 13.8. The number of hydrogen-bond donors (Lipinski definition) is 1. The summed E-state index contributed by atoms with van der Waals surface area (Å²) >= 11 is 0. The molecule has 130 valence electrons. The van der Waals surface area contributed by atoms with Gasteiger partial charge in [-0.25, -0.2) is 4.79 Å². The SMILES string of the molecule is CC(=O)c1cccc(OCC(=O)OCC(=O)Nc2cccc(C)c2)c1. The predicted molar refractivity (Wildman–Crippen MR) is 92.7 cm³/mol. The molecule has 0 bridgehead atoms. The fourth-order valence-electron chi connectivity index (χ4n) is 2.05. The molecule has 25 heavy (non-hydrogen) atoms. The molecule has 0 aliphatic rings. The van der Waals surface area contributed by atoms with Crippen LogP contribution in [0.2, 0.25) is 0 Å². The third-order valence-electron chi connectivity index (χ3n) is 3.26. The maximum atomic E-state index is 11.8. The first-order valence-corrected chi connectivity index (χ1v) is 7.70. The van der Waals surface area contributed by atoms with E-state index < -0.39 is 18.5 Å². The molecule has 0 heterocycles. The fourth-order valence-corrected chi connectivity index (χ4v) is 2.05. The second kappa shape index (κ2) is 8.63. The van der Waals surface area contributed by atoms with Crippen molar-refractivity contribution < 1.29 is 23.9 Å². The Kier molecular flexibility index (Phi) is 6.28. The fraction of sp³-hybridized carbons (Fsp3) is 0.211. The number of Topliss-reactive ketones (excluding diaryl/α,β-unsaturated/α-hetero) is 1. The van der Waals surface area contributed by atoms with Crippen molar-refractivity contribution in [2.45, 2.75) is 13.8 Å². The zero-order valence-electron chi connectivity index (χ0n) is 14.1. The van der Waals surface area contributed by atoms with Gasteiger partial charge in [0, 0.05) is 11.3 Å². The van der Waals surface area contributed by atoms with E-state index in [0.29, 0.717) is 17.0 Å². The Morgan fingerprint density at radius 3 is 2.48 bits per heavy atom. The molecule has 2 rings (SSSR count). The van der Waals surface area contributed by atoms with Crippen molar-refractivity contribution in [2.24, 2.45) is 0 Å². The number of nitrogens with one attached hydrogen (secondary N) is 1. The van der Waals surface area contributed by atoms with Gasteiger partial charge in [0.1, 0.15) is 5.75 Å². The number of esters is 1. The lowest BCUT2D eigenvalue weighted by Gasteiger charge is -2.08. The highest BCUT2D eigenvalue weighted by atomic mass is 16.6. The Balaban J connectivity index is 1.76. The molecule has 1 N–H and O–H groups in total. The predicted octanol–water partition coefficient (Wildman–Crippen LogP) is 2.76. The smallest absolute Gasteiger partial charge is 0.344 e. The molecule has 6 nitrogen and oxygen atoms in total. The molecule has 2 aromatic carbocycles. The topological polar surface area (TPSA) is 81.7 Å². The van der Waals surface area contributed by atoms with E-state index in [1.807, 2.05) is 25.1 Å². The Bertz CT molecular complexity index is 785. The second-order valence-corrected chi connectivity index (χ2v) is 5.45. The highest BCUT2D eigenvalue weighted by molar-refractivity contribution is 5.94. The summed E-state index contributed by atoms with van der Waals surface area (Å²) in [6.45, 7) is 2.61. The minimum Gasteiger partial charge on any atom is -0.482 e. The molecule has 1 amide bonds. The first-order chi connectivity index (χ1) is 11.9. The van der Waals surface area contributed by atoms with Crippen LogP contribution >= 0.6 is 0 Å². The van der Waals surface area contributed by atoms with Crippen molar-refractivity contribution in [3.05, 3.63) is 59.7 Å². The highest BCUT2D eigenvalue weighted by Gasteiger charge is 2.09. The van der Waals surface area contributed by atoms with Crippen LogP contribution in [-0.2, 0) is 14.3 Å². The molecule has 0 unspecified atom stereocenters. The van der Waals surface area contributed by atoms with Gasteiger partial charge in [0.2, 0.25) is 0 Å². The van der Waals surface area contributed by atoms with Crippen molar-refractivity contribution in [1.82, 2.24) is 0 Å². The lowest BCUT2D eigenvalue weighted by molar-refractivity contribution is -0.149. The maximum absolute atomic E-state index is 11.8. The summed E-state index contributed by atoms with van der Waals surface area (Å²) in [5.41, 5.74) is 2.14. The lowest BCUT2D eigenvalue weighted by atomic mass is 10.1. The van der Waals surface area contributed by atoms with E-state index in [-0.39, 0.29) is 12.4 Å². The standard InChI is InChI=1S/C19H19NO5/c1-13-5-3-7-16(9-13)20-18(22)11-25-19(23)12-24-17-8-4-6-15(10-17)14(2)21/h3-10H,11-12H2,1-2H3,(H,20,22). The van der Waals surface area contributed by atoms with Crippen LogP contribution in [0.4, 0.5) is 5.69 Å². The highest BCUT2D eigenvalue weighted by Crippen LogP contribution is 2.13. The van der Waals surface area contributed by atoms with Crippen LogP contribution in [0.25, 0.3) is 0 Å². The molecule has 0 spiro atoms. The molecule has 6 heteroatoms. The summed E-state index contributed by atoms with van der Waals surface area (Å²) in [4.78, 5) is 34.7. The molecule has 0 atom stereocenters. The number of amides is 1. The number of ketones is 1. The van der Waals surface area contributed by atoms with Gasteiger partial charge in [-0.2, -0.15) is 0 Å². The van der Waals surface area contributed by atoms with Crippen LogP contribution in [0.1, 0.15) is 22.8 Å². The van der Waals surface area contributed by atoms with Gasteiger partial charge in [0.25, 0.3) is 5.91 Å². The van der Waals surface area contributed by atoms with Crippen molar-refractivity contribution in [3.8, 4) is 5.75 Å². The molecule has 0 aromatic heterocycles. The van der Waals surface area contributed by atoms with Crippen molar-refractivity contribution in [3.63, 3.8) is 0 Å². The molecule has 0 radical (unpaired) electrons. The summed E-state index contributed by atoms with van der Waals surface area (Å²) in [5.74, 6) is -0.820.